The Bertz CT molecular complexity index is 1060. The second kappa shape index (κ2) is 9.58. The topological polar surface area (TPSA) is 86.1 Å². The molecule has 0 aliphatic carbocycles. The lowest BCUT2D eigenvalue weighted by Gasteiger charge is -2.10. The molecule has 0 fully saturated rings. The van der Waals surface area contributed by atoms with Crippen LogP contribution in [0.1, 0.15) is 34.2 Å². The van der Waals surface area contributed by atoms with E-state index in [0.29, 0.717) is 28.8 Å². The molecule has 8 heteroatoms. The number of benzene rings is 2. The van der Waals surface area contributed by atoms with Crippen molar-refractivity contribution in [2.75, 3.05) is 11.1 Å². The van der Waals surface area contributed by atoms with Crippen molar-refractivity contribution < 1.29 is 14.3 Å². The van der Waals surface area contributed by atoms with Crippen molar-refractivity contribution in [1.82, 2.24) is 14.8 Å². The van der Waals surface area contributed by atoms with Crippen LogP contribution >= 0.6 is 11.8 Å². The number of aromatic nitrogens is 3. The summed E-state index contributed by atoms with van der Waals surface area (Å²) < 4.78 is 7.72. The summed E-state index contributed by atoms with van der Waals surface area (Å²) in [6.45, 7) is 5.87. The average Bonchev–Trinajstić information content (AvgIpc) is 3.07. The number of ether oxygens (including phenoxy) is 1. The van der Waals surface area contributed by atoms with Gasteiger partial charge in [-0.3, -0.25) is 9.59 Å². The number of carbonyl (C=O) groups excluding carboxylic acids is 2. The van der Waals surface area contributed by atoms with Crippen molar-refractivity contribution >= 4 is 29.1 Å². The van der Waals surface area contributed by atoms with E-state index in [1.165, 1.54) is 24.2 Å². The lowest BCUT2D eigenvalue weighted by Crippen LogP contribution is -2.14. The molecule has 0 radical (unpaired) electrons. The monoisotopic (exact) mass is 424 g/mol. The zero-order valence-corrected chi connectivity index (χ0v) is 18.2. The van der Waals surface area contributed by atoms with E-state index in [4.69, 9.17) is 4.74 Å². The molecule has 0 saturated carbocycles. The van der Waals surface area contributed by atoms with Crippen molar-refractivity contribution in [3.05, 3.63) is 65.0 Å². The van der Waals surface area contributed by atoms with Crippen LogP contribution in [0.5, 0.6) is 5.75 Å². The minimum absolute atomic E-state index is 0.0111. The van der Waals surface area contributed by atoms with E-state index in [1.807, 2.05) is 43.7 Å². The van der Waals surface area contributed by atoms with Gasteiger partial charge < -0.3 is 14.6 Å². The molecule has 3 rings (SSSR count). The summed E-state index contributed by atoms with van der Waals surface area (Å²) in [6.07, 6.45) is 0. The molecule has 7 nitrogen and oxygen atoms in total. The zero-order chi connectivity index (χ0) is 21.7. The van der Waals surface area contributed by atoms with Crippen LogP contribution in [-0.4, -0.2) is 32.2 Å². The summed E-state index contributed by atoms with van der Waals surface area (Å²) in [6, 6.07) is 12.7. The van der Waals surface area contributed by atoms with E-state index in [1.54, 1.807) is 24.3 Å². The maximum atomic E-state index is 12.2. The van der Waals surface area contributed by atoms with E-state index in [9.17, 15) is 9.59 Å². The summed E-state index contributed by atoms with van der Waals surface area (Å²) in [5.41, 5.74) is 3.52. The molecule has 0 spiro atoms. The molecule has 1 aromatic heterocycles. The highest BCUT2D eigenvalue weighted by Gasteiger charge is 2.13. The summed E-state index contributed by atoms with van der Waals surface area (Å²) in [4.78, 5) is 23.5. The number of thioether (sulfide) groups is 1. The highest BCUT2D eigenvalue weighted by atomic mass is 32.2. The average molecular weight is 425 g/mol. The van der Waals surface area contributed by atoms with Gasteiger partial charge in [0.1, 0.15) is 12.4 Å². The maximum Gasteiger partial charge on any atom is 0.234 e. The number of hydrogen-bond donors (Lipinski definition) is 1. The summed E-state index contributed by atoms with van der Waals surface area (Å²) in [5, 5.41) is 11.8. The molecular formula is C22H24N4O3S. The van der Waals surface area contributed by atoms with Crippen LogP contribution in [-0.2, 0) is 18.4 Å². The molecule has 3 aromatic rings. The predicted octanol–water partition coefficient (Wildman–Crippen LogP) is 3.94. The smallest absolute Gasteiger partial charge is 0.234 e. The summed E-state index contributed by atoms with van der Waals surface area (Å²) in [7, 11) is 1.85. The molecule has 2 aromatic carbocycles. The Balaban J connectivity index is 1.53. The fourth-order valence-corrected chi connectivity index (χ4v) is 3.46. The van der Waals surface area contributed by atoms with Gasteiger partial charge in [-0.05, 0) is 62.2 Å². The Labute approximate surface area is 179 Å². The Morgan fingerprint density at radius 1 is 1.10 bits per heavy atom. The third-order valence-electron chi connectivity index (χ3n) is 4.74. The fraction of sp³-hybridized carbons (Fsp3) is 0.273. The van der Waals surface area contributed by atoms with Crippen LogP contribution in [0.2, 0.25) is 0 Å². The van der Waals surface area contributed by atoms with Gasteiger partial charge in [0.05, 0.1) is 5.75 Å². The molecule has 1 heterocycles. The second-order valence-corrected chi connectivity index (χ2v) is 7.86. The number of ketones is 1. The number of nitrogens with zero attached hydrogens (tertiary/aromatic N) is 3. The fourth-order valence-electron chi connectivity index (χ4n) is 2.73. The van der Waals surface area contributed by atoms with Gasteiger partial charge in [-0.1, -0.05) is 23.9 Å². The van der Waals surface area contributed by atoms with Gasteiger partial charge in [-0.25, -0.2) is 0 Å². The first-order valence-electron chi connectivity index (χ1n) is 9.46. The largest absolute Gasteiger partial charge is 0.485 e. The number of aryl methyl sites for hydroxylation is 1. The van der Waals surface area contributed by atoms with Gasteiger partial charge in [0.25, 0.3) is 0 Å². The van der Waals surface area contributed by atoms with Crippen molar-refractivity contribution in [2.45, 2.75) is 32.5 Å². The Morgan fingerprint density at radius 3 is 2.53 bits per heavy atom. The van der Waals surface area contributed by atoms with E-state index in [-0.39, 0.29) is 17.4 Å². The van der Waals surface area contributed by atoms with Crippen LogP contribution in [0.3, 0.4) is 0 Å². The van der Waals surface area contributed by atoms with Crippen LogP contribution in [0.4, 0.5) is 5.69 Å². The quantitative estimate of drug-likeness (QED) is 0.435. The Kier molecular flexibility index (Phi) is 6.89. The van der Waals surface area contributed by atoms with Gasteiger partial charge in [-0.2, -0.15) is 0 Å². The van der Waals surface area contributed by atoms with Crippen molar-refractivity contribution in [1.29, 1.82) is 0 Å². The normalized spacial score (nSPS) is 10.7. The molecule has 0 unspecified atom stereocenters. The third-order valence-corrected chi connectivity index (χ3v) is 5.76. The molecule has 0 bridgehead atoms. The van der Waals surface area contributed by atoms with E-state index >= 15 is 0 Å². The first-order chi connectivity index (χ1) is 14.3. The van der Waals surface area contributed by atoms with Crippen LogP contribution in [0.25, 0.3) is 0 Å². The highest BCUT2D eigenvalue weighted by molar-refractivity contribution is 7.99. The first-order valence-corrected chi connectivity index (χ1v) is 10.4. The number of carbonyl (C=O) groups is 2. The number of Topliss-reactive ketones (excluding diaryl/α,β-unsaturated/α-hetero) is 1. The standard InChI is InChI=1S/C22H24N4O3S/c1-14-6-5-7-19(15(14)2)29-12-20-24-25-22(26(20)4)30-13-21(28)23-18-10-8-17(9-11-18)16(3)27/h5-11H,12-13H2,1-4H3,(H,23,28). The number of hydrogen-bond acceptors (Lipinski definition) is 6. The number of rotatable bonds is 8. The van der Waals surface area contributed by atoms with Gasteiger partial charge in [-0.15, -0.1) is 10.2 Å². The minimum Gasteiger partial charge on any atom is -0.485 e. The van der Waals surface area contributed by atoms with Crippen molar-refractivity contribution in [3.8, 4) is 5.75 Å². The summed E-state index contributed by atoms with van der Waals surface area (Å²) >= 11 is 1.30. The lowest BCUT2D eigenvalue weighted by molar-refractivity contribution is -0.113. The van der Waals surface area contributed by atoms with Crippen molar-refractivity contribution in [2.24, 2.45) is 7.05 Å². The highest BCUT2D eigenvalue weighted by Crippen LogP contribution is 2.22. The molecule has 1 amide bonds. The van der Waals surface area contributed by atoms with Gasteiger partial charge >= 0.3 is 0 Å². The van der Waals surface area contributed by atoms with Crippen LogP contribution in [0, 0.1) is 13.8 Å². The van der Waals surface area contributed by atoms with Gasteiger partial charge in [0.2, 0.25) is 5.91 Å². The lowest BCUT2D eigenvalue weighted by atomic mass is 10.1. The number of nitrogens with one attached hydrogen (secondary N) is 1. The molecule has 0 saturated heterocycles. The Hall–Kier alpha value is -3.13. The molecule has 1 N–H and O–H groups in total. The SMILES string of the molecule is CC(=O)c1ccc(NC(=O)CSc2nnc(COc3cccc(C)c3C)n2C)cc1. The summed E-state index contributed by atoms with van der Waals surface area (Å²) in [5.74, 6) is 1.52. The molecule has 0 aliphatic heterocycles. The molecular weight excluding hydrogens is 400 g/mol. The molecule has 30 heavy (non-hydrogen) atoms. The Morgan fingerprint density at radius 2 is 1.83 bits per heavy atom. The minimum atomic E-state index is -0.160. The second-order valence-electron chi connectivity index (χ2n) is 6.91. The third kappa shape index (κ3) is 5.27. The van der Waals surface area contributed by atoms with Crippen molar-refractivity contribution in [3.63, 3.8) is 0 Å². The van der Waals surface area contributed by atoms with E-state index < -0.39 is 0 Å². The van der Waals surface area contributed by atoms with E-state index in [0.717, 1.165) is 11.3 Å². The first kappa shape index (κ1) is 21.6. The molecule has 0 aliphatic rings. The van der Waals surface area contributed by atoms with Gasteiger partial charge in [0, 0.05) is 18.3 Å². The van der Waals surface area contributed by atoms with Crippen LogP contribution < -0.4 is 10.1 Å². The molecule has 156 valence electrons. The number of anilines is 1. The van der Waals surface area contributed by atoms with E-state index in [2.05, 4.69) is 15.5 Å². The predicted molar refractivity (Wildman–Crippen MR) is 117 cm³/mol. The maximum absolute atomic E-state index is 12.2. The zero-order valence-electron chi connectivity index (χ0n) is 17.4. The molecule has 0 atom stereocenters. The number of amides is 1. The van der Waals surface area contributed by atoms with Crippen LogP contribution in [0.15, 0.2) is 47.6 Å². The van der Waals surface area contributed by atoms with Gasteiger partial charge in [0.15, 0.2) is 16.8 Å².